The molecule has 0 aliphatic heterocycles. The van der Waals surface area contributed by atoms with Crippen LogP contribution in [-0.2, 0) is 9.59 Å². The van der Waals surface area contributed by atoms with Crippen molar-refractivity contribution in [3.05, 3.63) is 23.5 Å². The van der Waals surface area contributed by atoms with Crippen molar-refractivity contribution in [2.24, 2.45) is 28.6 Å². The van der Waals surface area contributed by atoms with Gasteiger partial charge in [0.1, 0.15) is 5.75 Å². The number of rotatable bonds is 8. The maximum Gasteiger partial charge on any atom is 0.309 e. The van der Waals surface area contributed by atoms with E-state index in [-0.39, 0.29) is 58.4 Å². The number of benzene rings is 1. The van der Waals surface area contributed by atoms with Crippen LogP contribution in [0.1, 0.15) is 88.4 Å². The second-order valence-electron chi connectivity index (χ2n) is 13.6. The molecule has 6 saturated carbocycles. The van der Waals surface area contributed by atoms with E-state index in [0.717, 1.165) is 44.6 Å². The molecule has 212 valence electrons. The highest BCUT2D eigenvalue weighted by atomic mass is 19.1. The maximum absolute atomic E-state index is 15.0. The van der Waals surface area contributed by atoms with E-state index in [0.29, 0.717) is 31.1 Å². The van der Waals surface area contributed by atoms with Gasteiger partial charge in [0.2, 0.25) is 5.91 Å². The van der Waals surface area contributed by atoms with Crippen molar-refractivity contribution in [3.63, 3.8) is 0 Å². The third-order valence-corrected chi connectivity index (χ3v) is 10.5. The van der Waals surface area contributed by atoms with Gasteiger partial charge in [0.25, 0.3) is 5.91 Å². The summed E-state index contributed by atoms with van der Waals surface area (Å²) in [4.78, 5) is 38.6. The van der Waals surface area contributed by atoms with Crippen LogP contribution < -0.4 is 20.1 Å². The molecule has 0 unspecified atom stereocenters. The Kier molecular flexibility index (Phi) is 6.15. The first-order valence-corrected chi connectivity index (χ1v) is 14.3. The summed E-state index contributed by atoms with van der Waals surface area (Å²) in [6.45, 7) is 3.98. The molecule has 6 aliphatic rings. The maximum atomic E-state index is 15.0. The third-order valence-electron chi connectivity index (χ3n) is 10.5. The zero-order chi connectivity index (χ0) is 27.7. The summed E-state index contributed by atoms with van der Waals surface area (Å²) in [6, 6.07) is 2.26. The smallest absolute Gasteiger partial charge is 0.309 e. The lowest BCUT2D eigenvalue weighted by atomic mass is 9.40. The highest BCUT2D eigenvalue weighted by Crippen LogP contribution is 2.67. The van der Waals surface area contributed by atoms with Crippen molar-refractivity contribution in [1.29, 1.82) is 0 Å². The number of carbonyl (C=O) groups excluding carboxylic acids is 2. The molecular formula is C30H39FN2O6. The minimum absolute atomic E-state index is 0.0460. The Hall–Kier alpha value is -2.84. The van der Waals surface area contributed by atoms with Gasteiger partial charge < -0.3 is 25.2 Å². The summed E-state index contributed by atoms with van der Waals surface area (Å²) in [5.74, 6) is -1.53. The lowest BCUT2D eigenvalue weighted by Gasteiger charge is -2.69. The molecule has 1 aromatic rings. The molecule has 9 heteroatoms. The largest absolute Gasteiger partial charge is 0.496 e. The van der Waals surface area contributed by atoms with Crippen molar-refractivity contribution in [2.75, 3.05) is 7.11 Å². The van der Waals surface area contributed by atoms with Gasteiger partial charge in [-0.15, -0.1) is 0 Å². The Morgan fingerprint density at radius 3 is 2.28 bits per heavy atom. The molecule has 1 aromatic carbocycles. The van der Waals surface area contributed by atoms with E-state index in [1.165, 1.54) is 13.2 Å². The normalized spacial score (nSPS) is 39.7. The van der Waals surface area contributed by atoms with Crippen LogP contribution in [0.25, 0.3) is 0 Å². The second kappa shape index (κ2) is 9.10. The number of nitrogens with one attached hydrogen (secondary N) is 2. The Morgan fingerprint density at radius 1 is 1.00 bits per heavy atom. The molecule has 8 nitrogen and oxygen atoms in total. The third kappa shape index (κ3) is 4.45. The van der Waals surface area contributed by atoms with E-state index in [2.05, 4.69) is 17.6 Å². The molecule has 3 N–H and O–H groups in total. The van der Waals surface area contributed by atoms with Crippen molar-refractivity contribution in [1.82, 2.24) is 10.6 Å². The van der Waals surface area contributed by atoms with Gasteiger partial charge in [-0.25, -0.2) is 4.39 Å². The topological polar surface area (TPSA) is 114 Å². The van der Waals surface area contributed by atoms with Crippen LogP contribution in [0.5, 0.6) is 11.5 Å². The van der Waals surface area contributed by atoms with Crippen molar-refractivity contribution in [3.8, 4) is 11.5 Å². The fourth-order valence-corrected chi connectivity index (χ4v) is 8.59. The number of carboxylic acids is 1. The molecule has 0 saturated heterocycles. The molecule has 6 aliphatic carbocycles. The Bertz CT molecular complexity index is 1190. The van der Waals surface area contributed by atoms with E-state index in [9.17, 15) is 23.9 Å². The number of ether oxygens (including phenoxy) is 2. The predicted molar refractivity (Wildman–Crippen MR) is 140 cm³/mol. The number of aliphatic carboxylic acids is 1. The van der Waals surface area contributed by atoms with Crippen molar-refractivity contribution < 1.29 is 33.4 Å². The van der Waals surface area contributed by atoms with Crippen LogP contribution in [-0.4, -0.2) is 47.7 Å². The number of carbonyl (C=O) groups is 3. The van der Waals surface area contributed by atoms with Crippen LogP contribution in [0.2, 0.25) is 0 Å². The number of carboxylic acid groups (broad SMARTS) is 1. The van der Waals surface area contributed by atoms with Gasteiger partial charge in [-0.3, -0.25) is 14.4 Å². The average molecular weight is 543 g/mol. The highest BCUT2D eigenvalue weighted by molar-refractivity contribution is 5.98. The van der Waals surface area contributed by atoms with Gasteiger partial charge in [-0.05, 0) is 94.4 Å². The number of hydrogen-bond acceptors (Lipinski definition) is 5. The van der Waals surface area contributed by atoms with Crippen LogP contribution >= 0.6 is 0 Å². The minimum Gasteiger partial charge on any atom is -0.496 e. The zero-order valence-electron chi connectivity index (χ0n) is 23.0. The van der Waals surface area contributed by atoms with Gasteiger partial charge in [0, 0.05) is 17.6 Å². The Balaban J connectivity index is 1.16. The molecule has 0 heterocycles. The number of amides is 2. The Labute approximate surface area is 228 Å². The SMILES string of the molecule is COc1cc(F)c(OC2CCC(C)(C(=O)O)CC2)cc1C(=O)N[C@@H]1[C@@H]2CC[C@@H](C2)[C@@H]1C(=O)NC12CC(C)(C1)C2. The monoisotopic (exact) mass is 542 g/mol. The first kappa shape index (κ1) is 26.4. The first-order valence-electron chi connectivity index (χ1n) is 14.3. The van der Waals surface area contributed by atoms with Crippen LogP contribution in [0, 0.1) is 34.4 Å². The molecule has 0 aromatic heterocycles. The summed E-state index contributed by atoms with van der Waals surface area (Å²) in [7, 11) is 1.39. The molecule has 4 atom stereocenters. The van der Waals surface area contributed by atoms with Gasteiger partial charge in [0.15, 0.2) is 11.6 Å². The van der Waals surface area contributed by atoms with Gasteiger partial charge >= 0.3 is 5.97 Å². The second-order valence-corrected chi connectivity index (χ2v) is 13.6. The fourth-order valence-electron chi connectivity index (χ4n) is 8.59. The van der Waals surface area contributed by atoms with Gasteiger partial charge in [-0.2, -0.15) is 0 Å². The summed E-state index contributed by atoms with van der Waals surface area (Å²) in [5, 5.41) is 15.9. The first-order chi connectivity index (χ1) is 18.4. The number of methoxy groups -OCH3 is 1. The quantitative estimate of drug-likeness (QED) is 0.447. The summed E-state index contributed by atoms with van der Waals surface area (Å²) < 4.78 is 26.3. The standard InChI is InChI=1S/C30H39FN2O6/c1-28-13-30(14-28,15-28)33-26(35)23-16-4-5-17(10-16)24(23)32-25(34)19-11-22(20(31)12-21(19)38-3)39-18-6-8-29(2,9-7-18)27(36)37/h11-12,16-18,23-24H,4-10,13-15H2,1-3H3,(H,32,34)(H,33,35)(H,36,37)/t16-,17+,18?,23-,24+,28?,29?,30?/m0/s1. The Morgan fingerprint density at radius 2 is 1.67 bits per heavy atom. The molecule has 6 fully saturated rings. The molecule has 39 heavy (non-hydrogen) atoms. The predicted octanol–water partition coefficient (Wildman–Crippen LogP) is 4.45. The van der Waals surface area contributed by atoms with Crippen molar-refractivity contribution >= 4 is 17.8 Å². The molecule has 2 amide bonds. The van der Waals surface area contributed by atoms with Crippen LogP contribution in [0.3, 0.4) is 0 Å². The molecule has 0 spiro atoms. The van der Waals surface area contributed by atoms with Crippen molar-refractivity contribution in [2.45, 2.75) is 95.7 Å². The average Bonchev–Trinajstić information content (AvgIpc) is 3.46. The molecule has 0 radical (unpaired) electrons. The van der Waals surface area contributed by atoms with Crippen LogP contribution in [0.15, 0.2) is 12.1 Å². The summed E-state index contributed by atoms with van der Waals surface area (Å²) in [6.07, 6.45) is 7.53. The van der Waals surface area contributed by atoms with E-state index in [4.69, 9.17) is 9.47 Å². The molecule has 7 rings (SSSR count). The van der Waals surface area contributed by atoms with Gasteiger partial charge in [0.05, 0.1) is 30.1 Å². The summed E-state index contributed by atoms with van der Waals surface area (Å²) >= 11 is 0. The van der Waals surface area contributed by atoms with E-state index in [1.807, 2.05) is 0 Å². The minimum atomic E-state index is -0.832. The number of hydrogen-bond donors (Lipinski definition) is 3. The fraction of sp³-hybridized carbons (Fsp3) is 0.700. The summed E-state index contributed by atoms with van der Waals surface area (Å²) in [5.41, 5.74) is -0.296. The highest BCUT2D eigenvalue weighted by Gasteiger charge is 2.66. The number of fused-ring (bicyclic) bond motifs is 2. The lowest BCUT2D eigenvalue weighted by molar-refractivity contribution is -0.160. The van der Waals surface area contributed by atoms with Crippen LogP contribution in [0.4, 0.5) is 4.39 Å². The number of halogens is 1. The van der Waals surface area contributed by atoms with Gasteiger partial charge in [-0.1, -0.05) is 6.92 Å². The molecule has 4 bridgehead atoms. The van der Waals surface area contributed by atoms with E-state index >= 15 is 0 Å². The lowest BCUT2D eigenvalue weighted by Crippen LogP contribution is -2.74. The van der Waals surface area contributed by atoms with E-state index < -0.39 is 23.1 Å². The van der Waals surface area contributed by atoms with E-state index in [1.54, 1.807) is 6.92 Å². The zero-order valence-corrected chi connectivity index (χ0v) is 23.0. The molecular weight excluding hydrogens is 503 g/mol.